The fourth-order valence-corrected chi connectivity index (χ4v) is 9.71. The first-order valence-corrected chi connectivity index (χ1v) is 21.7. The normalized spacial score (nSPS) is 32.5. The lowest BCUT2D eigenvalue weighted by atomic mass is 10.0. The summed E-state index contributed by atoms with van der Waals surface area (Å²) in [6.45, 7) is 1.60. The van der Waals surface area contributed by atoms with E-state index < -0.39 is 68.2 Å². The van der Waals surface area contributed by atoms with Gasteiger partial charge in [-0.05, 0) is 89.2 Å². The van der Waals surface area contributed by atoms with Crippen molar-refractivity contribution in [3.63, 3.8) is 0 Å². The van der Waals surface area contributed by atoms with Crippen molar-refractivity contribution in [3.8, 4) is 11.6 Å². The molecule has 3 aliphatic carbocycles. The van der Waals surface area contributed by atoms with Gasteiger partial charge in [0.1, 0.15) is 41.3 Å². The van der Waals surface area contributed by atoms with Gasteiger partial charge in [0.2, 0.25) is 27.7 Å². The Morgan fingerprint density at radius 1 is 1.00 bits per heavy atom. The van der Waals surface area contributed by atoms with E-state index in [4.69, 9.17) is 24.2 Å². The van der Waals surface area contributed by atoms with Crippen molar-refractivity contribution in [2.75, 3.05) is 13.7 Å². The molecule has 3 saturated carbocycles. The molecule has 16 heteroatoms. The van der Waals surface area contributed by atoms with Crippen LogP contribution in [0.2, 0.25) is 0 Å². The first-order chi connectivity index (χ1) is 26.9. The maximum atomic E-state index is 14.6. The zero-order chi connectivity index (χ0) is 39.2. The number of nitrogens with one attached hydrogen (secondary N) is 3. The molecule has 4 fully saturated rings. The molecule has 7 atom stereocenters. The van der Waals surface area contributed by atoms with E-state index in [2.05, 4.69) is 15.4 Å². The van der Waals surface area contributed by atoms with Crippen LogP contribution in [0.25, 0.3) is 11.0 Å². The number of alkyl carbamates (subject to hydrolysis) is 1. The lowest BCUT2D eigenvalue weighted by Gasteiger charge is -2.30. The van der Waals surface area contributed by atoms with Crippen molar-refractivity contribution in [1.82, 2.24) is 30.2 Å². The molecule has 3 aliphatic heterocycles. The van der Waals surface area contributed by atoms with Gasteiger partial charge in [-0.25, -0.2) is 23.2 Å². The van der Waals surface area contributed by atoms with E-state index in [0.29, 0.717) is 66.9 Å². The Labute approximate surface area is 327 Å². The largest absolute Gasteiger partial charge is 0.497 e. The molecule has 3 N–H and O–H groups in total. The minimum atomic E-state index is -3.99. The molecule has 302 valence electrons. The number of methoxy groups -OCH3 is 1. The molecule has 1 aromatic carbocycles. The molecule has 4 amide bonds. The average Bonchev–Trinajstić information content (AvgIpc) is 4.13. The first kappa shape index (κ1) is 38.4. The summed E-state index contributed by atoms with van der Waals surface area (Å²) in [4.78, 5) is 67.5. The van der Waals surface area contributed by atoms with E-state index in [0.717, 1.165) is 44.9 Å². The average molecular weight is 793 g/mol. The number of sulfonamides is 1. The van der Waals surface area contributed by atoms with Crippen LogP contribution in [0.15, 0.2) is 30.4 Å². The van der Waals surface area contributed by atoms with E-state index in [1.54, 1.807) is 20.1 Å². The molecule has 4 heterocycles. The number of rotatable bonds is 4. The summed E-state index contributed by atoms with van der Waals surface area (Å²) >= 11 is 0. The number of hydrogen-bond acceptors (Lipinski definition) is 11. The second-order valence-electron chi connectivity index (χ2n) is 16.8. The van der Waals surface area contributed by atoms with E-state index >= 15 is 0 Å². The SMILES string of the molecule is COc1ccc2nc3c(nc2c1)OC1CC2C(=O)NC4(C(=O)NS(=O)(=O)C5(C)CC5)CC4/C=C\CCCCCC(NC(=O)OC4CC4CCCCC3)C(=O)N2C1. The molecule has 3 bridgehead atoms. The molecule has 1 aromatic heterocycles. The van der Waals surface area contributed by atoms with Crippen LogP contribution < -0.4 is 24.8 Å². The summed E-state index contributed by atoms with van der Waals surface area (Å²) in [5.74, 6) is -1.08. The number of carbonyl (C=O) groups excluding carboxylic acids is 4. The Morgan fingerprint density at radius 3 is 2.61 bits per heavy atom. The monoisotopic (exact) mass is 792 g/mol. The molecule has 56 heavy (non-hydrogen) atoms. The van der Waals surface area contributed by atoms with Crippen molar-refractivity contribution >= 4 is 44.9 Å². The molecule has 7 unspecified atom stereocenters. The number of allylic oxidation sites excluding steroid dienone is 1. The maximum Gasteiger partial charge on any atom is 0.408 e. The predicted octanol–water partition coefficient (Wildman–Crippen LogP) is 3.98. The summed E-state index contributed by atoms with van der Waals surface area (Å²) in [7, 11) is -2.41. The maximum absolute atomic E-state index is 14.6. The van der Waals surface area contributed by atoms with Crippen molar-refractivity contribution < 1.29 is 41.8 Å². The lowest BCUT2D eigenvalue weighted by Crippen LogP contribution is -2.58. The van der Waals surface area contributed by atoms with Crippen molar-refractivity contribution in [1.29, 1.82) is 0 Å². The fraction of sp³-hybridized carbons (Fsp3) is 0.650. The van der Waals surface area contributed by atoms with Gasteiger partial charge in [0.25, 0.3) is 5.91 Å². The number of hydrogen-bond donors (Lipinski definition) is 3. The molecule has 0 radical (unpaired) electrons. The zero-order valence-electron chi connectivity index (χ0n) is 32.1. The standard InChI is InChI=1S/C40H52N6O9S/c1-39(17-18-39)56(51,52)45-37(49)40-22-25(40)12-8-4-3-5-9-14-30-36(48)46-23-27(21-32(46)34(47)44-40)54-35-29(41-28-16-15-26(53-2)20-31(28)42-35)13-10-6-7-11-24-19-33(24)55-38(50)43-30/h8,12,15-16,20,24-25,27,30,32-33H,3-7,9-11,13-14,17-19,21-23H2,1-2H3,(H,43,50)(H,44,47)(H,45,49)/b12-8-. The summed E-state index contributed by atoms with van der Waals surface area (Å²) in [5, 5.41) is 5.75. The number of benzene rings is 1. The molecule has 6 aliphatic rings. The first-order valence-electron chi connectivity index (χ1n) is 20.2. The van der Waals surface area contributed by atoms with Crippen LogP contribution >= 0.6 is 0 Å². The van der Waals surface area contributed by atoms with Gasteiger partial charge in [-0.1, -0.05) is 37.8 Å². The molecule has 8 rings (SSSR count). The number of carbonyl (C=O) groups is 4. The van der Waals surface area contributed by atoms with Gasteiger partial charge in [0.05, 0.1) is 29.4 Å². The number of fused-ring (bicyclic) bond motifs is 6. The van der Waals surface area contributed by atoms with Crippen LogP contribution in [0, 0.1) is 11.8 Å². The number of aromatic nitrogens is 2. The van der Waals surface area contributed by atoms with Crippen LogP contribution in [0.1, 0.15) is 103 Å². The topological polar surface area (TPSA) is 195 Å². The molecule has 15 nitrogen and oxygen atoms in total. The second-order valence-corrected chi connectivity index (χ2v) is 19.0. The van der Waals surface area contributed by atoms with Gasteiger partial charge in [-0.2, -0.15) is 0 Å². The van der Waals surface area contributed by atoms with E-state index in [-0.39, 0.29) is 31.4 Å². The molecule has 1 saturated heterocycles. The smallest absolute Gasteiger partial charge is 0.408 e. The summed E-state index contributed by atoms with van der Waals surface area (Å²) in [6.07, 6.45) is 11.8. The van der Waals surface area contributed by atoms with E-state index in [1.807, 2.05) is 24.3 Å². The van der Waals surface area contributed by atoms with Crippen LogP contribution in [0.5, 0.6) is 11.6 Å². The molecular weight excluding hydrogens is 741 g/mol. The third-order valence-corrected chi connectivity index (χ3v) is 14.7. The molecular formula is C40H52N6O9S. The Balaban J connectivity index is 1.13. The highest BCUT2D eigenvalue weighted by Gasteiger charge is 2.63. The summed E-state index contributed by atoms with van der Waals surface area (Å²) in [5.41, 5.74) is 0.431. The number of aryl methyl sites for hydroxylation is 1. The fourth-order valence-electron chi connectivity index (χ4n) is 8.40. The van der Waals surface area contributed by atoms with Crippen LogP contribution in [0.3, 0.4) is 0 Å². The van der Waals surface area contributed by atoms with Crippen molar-refractivity contribution in [3.05, 3.63) is 36.0 Å². The molecule has 0 spiro atoms. The van der Waals surface area contributed by atoms with Gasteiger partial charge in [0, 0.05) is 18.4 Å². The minimum Gasteiger partial charge on any atom is -0.497 e. The highest BCUT2D eigenvalue weighted by Crippen LogP contribution is 2.47. The van der Waals surface area contributed by atoms with Gasteiger partial charge in [-0.3, -0.25) is 19.1 Å². The number of amides is 4. The summed E-state index contributed by atoms with van der Waals surface area (Å²) in [6, 6.07) is 3.40. The highest BCUT2D eigenvalue weighted by molar-refractivity contribution is 7.91. The Morgan fingerprint density at radius 2 is 1.80 bits per heavy atom. The van der Waals surface area contributed by atoms with Gasteiger partial charge >= 0.3 is 6.09 Å². The third-order valence-electron chi connectivity index (χ3n) is 12.6. The predicted molar refractivity (Wildman–Crippen MR) is 204 cm³/mol. The minimum absolute atomic E-state index is 0.00137. The number of nitrogens with zero attached hydrogens (tertiary/aromatic N) is 3. The van der Waals surface area contributed by atoms with Crippen molar-refractivity contribution in [2.24, 2.45) is 11.8 Å². The van der Waals surface area contributed by atoms with Gasteiger partial charge < -0.3 is 29.7 Å². The number of ether oxygens (including phenoxy) is 3. The Kier molecular flexibility index (Phi) is 10.4. The lowest BCUT2D eigenvalue weighted by molar-refractivity contribution is -0.141. The van der Waals surface area contributed by atoms with Crippen LogP contribution in [-0.4, -0.2) is 95.3 Å². The Bertz CT molecular complexity index is 2040. The Hall–Kier alpha value is -4.47. The van der Waals surface area contributed by atoms with Crippen LogP contribution in [-0.2, 0) is 35.6 Å². The summed E-state index contributed by atoms with van der Waals surface area (Å²) < 4.78 is 45.4. The van der Waals surface area contributed by atoms with E-state index in [1.165, 1.54) is 4.90 Å². The highest BCUT2D eigenvalue weighted by atomic mass is 32.2. The van der Waals surface area contributed by atoms with E-state index in [9.17, 15) is 27.6 Å². The van der Waals surface area contributed by atoms with Gasteiger partial charge in [-0.15, -0.1) is 0 Å². The second kappa shape index (κ2) is 15.1. The van der Waals surface area contributed by atoms with Crippen molar-refractivity contribution in [2.45, 2.75) is 138 Å². The zero-order valence-corrected chi connectivity index (χ0v) is 32.9. The quantitative estimate of drug-likeness (QED) is 0.379. The van der Waals surface area contributed by atoms with Crippen LogP contribution in [0.4, 0.5) is 4.79 Å². The van der Waals surface area contributed by atoms with Gasteiger partial charge in [0.15, 0.2) is 0 Å². The third kappa shape index (κ3) is 7.90. The molecule has 2 aromatic rings.